The Morgan fingerprint density at radius 2 is 0.900 bits per heavy atom. The number of hydrogen-bond donors (Lipinski definition) is 0. The minimum Gasteiger partial charge on any atom is -0.466 e. The lowest BCUT2D eigenvalue weighted by molar-refractivity contribution is -0.143. The van der Waals surface area contributed by atoms with Gasteiger partial charge in [-0.15, -0.1) is 0 Å². The van der Waals surface area contributed by atoms with Crippen molar-refractivity contribution in [1.29, 1.82) is 0 Å². The Balaban J connectivity index is 3.22. The van der Waals surface area contributed by atoms with Crippen LogP contribution in [0.3, 0.4) is 0 Å². The SMILES string of the molecule is O=C(CCCCCCCCCC=C(F)F)OCCCCCCCCCCC=C(F)F. The number of allylic oxidation sites excluding steroid dienone is 2. The highest BCUT2D eigenvalue weighted by atomic mass is 19.3. The molecule has 0 aromatic rings. The number of unbranched alkanes of at least 4 members (excludes halogenated alkanes) is 15. The van der Waals surface area contributed by atoms with Gasteiger partial charge in [0.1, 0.15) is 0 Å². The highest BCUT2D eigenvalue weighted by Gasteiger charge is 2.02. The summed E-state index contributed by atoms with van der Waals surface area (Å²) in [4.78, 5) is 11.7. The number of rotatable bonds is 21. The summed E-state index contributed by atoms with van der Waals surface area (Å²) in [6.45, 7) is 0.494. The van der Waals surface area contributed by atoms with E-state index >= 15 is 0 Å². The zero-order valence-corrected chi connectivity index (χ0v) is 18.4. The van der Waals surface area contributed by atoms with Crippen molar-refractivity contribution < 1.29 is 27.1 Å². The molecule has 0 rings (SSSR count). The molecule has 0 saturated carbocycles. The summed E-state index contributed by atoms with van der Waals surface area (Å²) in [5.74, 6) is -0.117. The van der Waals surface area contributed by atoms with E-state index in [-0.39, 0.29) is 5.97 Å². The molecule has 2 nitrogen and oxygen atoms in total. The molecule has 0 atom stereocenters. The number of esters is 1. The molecule has 0 spiro atoms. The van der Waals surface area contributed by atoms with E-state index in [4.69, 9.17) is 4.74 Å². The van der Waals surface area contributed by atoms with Crippen LogP contribution in [0.15, 0.2) is 24.3 Å². The van der Waals surface area contributed by atoms with Crippen molar-refractivity contribution in [2.45, 2.75) is 116 Å². The lowest BCUT2D eigenvalue weighted by atomic mass is 10.1. The number of ether oxygens (including phenoxy) is 1. The molecule has 0 aromatic heterocycles. The van der Waals surface area contributed by atoms with E-state index in [0.717, 1.165) is 108 Å². The molecule has 0 heterocycles. The number of carbonyl (C=O) groups excluding carboxylic acids is 1. The summed E-state index contributed by atoms with van der Waals surface area (Å²) < 4.78 is 52.6. The molecule has 0 N–H and O–H groups in total. The topological polar surface area (TPSA) is 26.3 Å². The van der Waals surface area contributed by atoms with Crippen LogP contribution >= 0.6 is 0 Å². The van der Waals surface area contributed by atoms with Gasteiger partial charge in [0.25, 0.3) is 12.2 Å². The highest BCUT2D eigenvalue weighted by Crippen LogP contribution is 2.13. The maximum atomic E-state index is 11.8. The zero-order chi connectivity index (χ0) is 22.3. The maximum Gasteiger partial charge on any atom is 0.305 e. The van der Waals surface area contributed by atoms with Gasteiger partial charge in [0.05, 0.1) is 6.61 Å². The van der Waals surface area contributed by atoms with E-state index in [1.54, 1.807) is 0 Å². The maximum absolute atomic E-state index is 11.8. The lowest BCUT2D eigenvalue weighted by Crippen LogP contribution is -2.05. The molecule has 0 aliphatic heterocycles. The van der Waals surface area contributed by atoms with Crippen LogP contribution in [0.4, 0.5) is 17.6 Å². The Hall–Kier alpha value is -1.33. The van der Waals surface area contributed by atoms with Crippen LogP contribution in [0.5, 0.6) is 0 Å². The molecule has 0 bridgehead atoms. The van der Waals surface area contributed by atoms with Crippen molar-refractivity contribution in [2.24, 2.45) is 0 Å². The first-order valence-corrected chi connectivity index (χ1v) is 11.7. The van der Waals surface area contributed by atoms with Crippen molar-refractivity contribution in [3.05, 3.63) is 24.3 Å². The quantitative estimate of drug-likeness (QED) is 0.102. The normalized spacial score (nSPS) is 10.7. The molecular formula is C24H40F4O2. The van der Waals surface area contributed by atoms with E-state index in [0.29, 0.717) is 25.9 Å². The molecule has 0 aromatic carbocycles. The smallest absolute Gasteiger partial charge is 0.305 e. The first-order valence-electron chi connectivity index (χ1n) is 11.7. The third kappa shape index (κ3) is 24.7. The van der Waals surface area contributed by atoms with Crippen LogP contribution in [0.25, 0.3) is 0 Å². The fourth-order valence-electron chi connectivity index (χ4n) is 3.29. The Bertz CT molecular complexity index is 456. The van der Waals surface area contributed by atoms with Crippen molar-refractivity contribution in [1.82, 2.24) is 0 Å². The Morgan fingerprint density at radius 3 is 1.33 bits per heavy atom. The van der Waals surface area contributed by atoms with Gasteiger partial charge < -0.3 is 4.74 Å². The number of halogens is 4. The van der Waals surface area contributed by atoms with Crippen LogP contribution in [-0.2, 0) is 9.53 Å². The predicted octanol–water partition coefficient (Wildman–Crippen LogP) is 9.11. The van der Waals surface area contributed by atoms with Gasteiger partial charge in [-0.05, 0) is 50.7 Å². The van der Waals surface area contributed by atoms with Crippen LogP contribution in [0, 0.1) is 0 Å². The Morgan fingerprint density at radius 1 is 0.533 bits per heavy atom. The number of hydrogen-bond acceptors (Lipinski definition) is 2. The second-order valence-corrected chi connectivity index (χ2v) is 7.84. The first-order chi connectivity index (χ1) is 14.5. The summed E-state index contributed by atoms with van der Waals surface area (Å²) in [6.07, 6.45) is 15.3. The largest absolute Gasteiger partial charge is 0.466 e. The Kier molecular flexibility index (Phi) is 21.4. The molecule has 0 amide bonds. The standard InChI is InChI=1S/C24H40F4O2/c25-22(26)18-14-10-6-2-1-5-9-13-17-21-30-24(29)20-16-12-8-4-3-7-11-15-19-23(27)28/h18-19H,1-17,20-21H2. The van der Waals surface area contributed by atoms with Crippen LogP contribution < -0.4 is 0 Å². The van der Waals surface area contributed by atoms with Gasteiger partial charge in [-0.1, -0.05) is 70.6 Å². The van der Waals surface area contributed by atoms with Crippen molar-refractivity contribution >= 4 is 5.97 Å². The van der Waals surface area contributed by atoms with Gasteiger partial charge in [0.15, 0.2) is 0 Å². The minimum absolute atomic E-state index is 0.117. The van der Waals surface area contributed by atoms with Gasteiger partial charge in [0, 0.05) is 6.42 Å². The fraction of sp³-hybridized carbons (Fsp3) is 0.792. The second-order valence-electron chi connectivity index (χ2n) is 7.84. The molecule has 0 aliphatic carbocycles. The summed E-state index contributed by atoms with van der Waals surface area (Å²) in [7, 11) is 0. The molecule has 0 unspecified atom stereocenters. The highest BCUT2D eigenvalue weighted by molar-refractivity contribution is 5.69. The van der Waals surface area contributed by atoms with Crippen molar-refractivity contribution in [3.63, 3.8) is 0 Å². The van der Waals surface area contributed by atoms with Crippen molar-refractivity contribution in [3.8, 4) is 0 Å². The van der Waals surface area contributed by atoms with E-state index in [1.807, 2.05) is 0 Å². The number of carbonyl (C=O) groups is 1. The van der Waals surface area contributed by atoms with E-state index in [9.17, 15) is 22.4 Å². The summed E-state index contributed by atoms with van der Waals surface area (Å²) in [5.41, 5.74) is 0. The zero-order valence-electron chi connectivity index (χ0n) is 18.4. The molecule has 176 valence electrons. The molecule has 0 radical (unpaired) electrons. The Labute approximate surface area is 180 Å². The molecule has 30 heavy (non-hydrogen) atoms. The van der Waals surface area contributed by atoms with E-state index < -0.39 is 12.2 Å². The summed E-state index contributed by atoms with van der Waals surface area (Å²) >= 11 is 0. The van der Waals surface area contributed by atoms with Crippen LogP contribution in [0.1, 0.15) is 116 Å². The van der Waals surface area contributed by atoms with Gasteiger partial charge in [0.2, 0.25) is 0 Å². The average Bonchev–Trinajstić information content (AvgIpc) is 2.69. The molecule has 6 heteroatoms. The predicted molar refractivity (Wildman–Crippen MR) is 115 cm³/mol. The summed E-state index contributed by atoms with van der Waals surface area (Å²) in [6, 6.07) is 0. The van der Waals surface area contributed by atoms with Gasteiger partial charge >= 0.3 is 5.97 Å². The third-order valence-corrected chi connectivity index (χ3v) is 5.04. The van der Waals surface area contributed by atoms with E-state index in [1.165, 1.54) is 0 Å². The van der Waals surface area contributed by atoms with Gasteiger partial charge in [-0.25, -0.2) is 0 Å². The molecule has 0 fully saturated rings. The van der Waals surface area contributed by atoms with Crippen LogP contribution in [-0.4, -0.2) is 12.6 Å². The van der Waals surface area contributed by atoms with Gasteiger partial charge in [-0.3, -0.25) is 4.79 Å². The monoisotopic (exact) mass is 436 g/mol. The first kappa shape index (κ1) is 28.7. The lowest BCUT2D eigenvalue weighted by Gasteiger charge is -2.05. The van der Waals surface area contributed by atoms with Crippen LogP contribution in [0.2, 0.25) is 0 Å². The minimum atomic E-state index is -1.59. The van der Waals surface area contributed by atoms with Gasteiger partial charge in [-0.2, -0.15) is 17.6 Å². The van der Waals surface area contributed by atoms with Crippen molar-refractivity contribution in [2.75, 3.05) is 6.61 Å². The molecule has 0 aliphatic rings. The second kappa shape index (κ2) is 22.4. The molecular weight excluding hydrogens is 396 g/mol. The average molecular weight is 437 g/mol. The fourth-order valence-corrected chi connectivity index (χ4v) is 3.29. The third-order valence-electron chi connectivity index (χ3n) is 5.04. The summed E-state index contributed by atoms with van der Waals surface area (Å²) in [5, 5.41) is 0. The van der Waals surface area contributed by atoms with E-state index in [2.05, 4.69) is 0 Å². The molecule has 0 saturated heterocycles.